The fourth-order valence-corrected chi connectivity index (χ4v) is 2.02. The Balaban J connectivity index is 2.16. The van der Waals surface area contributed by atoms with Crippen molar-refractivity contribution in [2.45, 2.75) is 13.3 Å². The molecule has 0 aliphatic heterocycles. The quantitative estimate of drug-likeness (QED) is 0.452. The van der Waals surface area contributed by atoms with Gasteiger partial charge in [0.25, 0.3) is 5.69 Å². The molecule has 0 aliphatic rings. The van der Waals surface area contributed by atoms with E-state index in [-0.39, 0.29) is 5.69 Å². The number of non-ortho nitro benzene ring substituents is 1. The zero-order valence-corrected chi connectivity index (χ0v) is 13.6. The molecule has 0 aliphatic carbocycles. The maximum atomic E-state index is 10.8. The molecule has 2 aromatic rings. The number of anilines is 1. The van der Waals surface area contributed by atoms with E-state index in [1.165, 1.54) is 12.1 Å². The third kappa shape index (κ3) is 4.45. The topological polar surface area (TPSA) is 86.0 Å². The van der Waals surface area contributed by atoms with Crippen LogP contribution in [0.1, 0.15) is 18.9 Å². The van der Waals surface area contributed by atoms with Gasteiger partial charge in [0.15, 0.2) is 11.5 Å². The first-order chi connectivity index (χ1) is 11.7. The van der Waals surface area contributed by atoms with Crippen LogP contribution in [-0.2, 0) is 0 Å². The van der Waals surface area contributed by atoms with Gasteiger partial charge in [-0.15, -0.1) is 0 Å². The second kappa shape index (κ2) is 8.52. The van der Waals surface area contributed by atoms with Crippen molar-refractivity contribution in [3.05, 3.63) is 58.1 Å². The summed E-state index contributed by atoms with van der Waals surface area (Å²) in [6.07, 6.45) is 2.47. The number of benzene rings is 2. The summed E-state index contributed by atoms with van der Waals surface area (Å²) in [6, 6.07) is 11.6. The minimum absolute atomic E-state index is 0.00329. The fourth-order valence-electron chi connectivity index (χ4n) is 2.02. The number of nitrogens with one attached hydrogen (secondary N) is 1. The Kier molecular flexibility index (Phi) is 6.13. The largest absolute Gasteiger partial charge is 0.493 e. The standard InChI is InChI=1S/C17H19N3O4/c1-3-10-24-17-13(6-4-9-16(17)23-2)12-18-19-14-7-5-8-15(11-14)20(21)22/h4-9,11-12,19H,3,10H2,1-2H3. The van der Waals surface area contributed by atoms with E-state index in [1.807, 2.05) is 25.1 Å². The summed E-state index contributed by atoms with van der Waals surface area (Å²) in [4.78, 5) is 10.3. The highest BCUT2D eigenvalue weighted by Crippen LogP contribution is 2.30. The van der Waals surface area contributed by atoms with Crippen molar-refractivity contribution in [2.24, 2.45) is 5.10 Å². The van der Waals surface area contributed by atoms with Crippen molar-refractivity contribution in [1.82, 2.24) is 0 Å². The molecule has 126 valence electrons. The maximum Gasteiger partial charge on any atom is 0.271 e. The summed E-state index contributed by atoms with van der Waals surface area (Å²) in [5.41, 5.74) is 4.06. The number of nitro groups is 1. The molecular weight excluding hydrogens is 310 g/mol. The Morgan fingerprint density at radius 2 is 2.08 bits per heavy atom. The van der Waals surface area contributed by atoms with Crippen molar-refractivity contribution in [2.75, 3.05) is 19.1 Å². The highest BCUT2D eigenvalue weighted by atomic mass is 16.6. The third-order valence-corrected chi connectivity index (χ3v) is 3.13. The lowest BCUT2D eigenvalue weighted by Crippen LogP contribution is -2.02. The molecule has 2 aromatic carbocycles. The Hall–Kier alpha value is -3.09. The SMILES string of the molecule is CCCOc1c(C=NNc2cccc([N+](=O)[O-])c2)cccc1OC. The predicted octanol–water partition coefficient (Wildman–Crippen LogP) is 3.84. The molecule has 2 rings (SSSR count). The molecule has 1 N–H and O–H groups in total. The summed E-state index contributed by atoms with van der Waals surface area (Å²) in [5.74, 6) is 1.24. The van der Waals surface area contributed by atoms with E-state index in [4.69, 9.17) is 9.47 Å². The molecule has 0 unspecified atom stereocenters. The average Bonchev–Trinajstić information content (AvgIpc) is 2.60. The Morgan fingerprint density at radius 1 is 1.29 bits per heavy atom. The number of hydrazone groups is 1. The molecule has 0 aromatic heterocycles. The minimum atomic E-state index is -0.451. The van der Waals surface area contributed by atoms with E-state index in [2.05, 4.69) is 10.5 Å². The number of rotatable bonds is 8. The highest BCUT2D eigenvalue weighted by Gasteiger charge is 2.09. The minimum Gasteiger partial charge on any atom is -0.493 e. The van der Waals surface area contributed by atoms with Gasteiger partial charge in [0.05, 0.1) is 30.5 Å². The van der Waals surface area contributed by atoms with Gasteiger partial charge in [0.2, 0.25) is 0 Å². The van der Waals surface area contributed by atoms with Crippen molar-refractivity contribution >= 4 is 17.6 Å². The molecule has 0 spiro atoms. The van der Waals surface area contributed by atoms with Gasteiger partial charge >= 0.3 is 0 Å². The fraction of sp³-hybridized carbons (Fsp3) is 0.235. The van der Waals surface area contributed by atoms with Gasteiger partial charge in [0, 0.05) is 17.7 Å². The van der Waals surface area contributed by atoms with Gasteiger partial charge in [-0.25, -0.2) is 0 Å². The smallest absolute Gasteiger partial charge is 0.271 e. The second-order valence-electron chi connectivity index (χ2n) is 4.90. The Labute approximate surface area is 140 Å². The van der Waals surface area contributed by atoms with Crippen molar-refractivity contribution in [3.8, 4) is 11.5 Å². The second-order valence-corrected chi connectivity index (χ2v) is 4.90. The van der Waals surface area contributed by atoms with Crippen LogP contribution in [-0.4, -0.2) is 24.9 Å². The molecule has 7 nitrogen and oxygen atoms in total. The van der Waals surface area contributed by atoms with Crippen LogP contribution in [0.2, 0.25) is 0 Å². The van der Waals surface area contributed by atoms with Crippen molar-refractivity contribution in [3.63, 3.8) is 0 Å². The van der Waals surface area contributed by atoms with Crippen LogP contribution < -0.4 is 14.9 Å². The summed E-state index contributed by atoms with van der Waals surface area (Å²) < 4.78 is 11.0. The van der Waals surface area contributed by atoms with Crippen LogP contribution in [0.25, 0.3) is 0 Å². The Morgan fingerprint density at radius 3 is 2.79 bits per heavy atom. The average molecular weight is 329 g/mol. The number of hydrogen-bond acceptors (Lipinski definition) is 6. The monoisotopic (exact) mass is 329 g/mol. The molecule has 0 radical (unpaired) electrons. The number of methoxy groups -OCH3 is 1. The number of para-hydroxylation sites is 1. The lowest BCUT2D eigenvalue weighted by atomic mass is 10.2. The first-order valence-corrected chi connectivity index (χ1v) is 7.49. The molecule has 24 heavy (non-hydrogen) atoms. The molecule has 0 amide bonds. The van der Waals surface area contributed by atoms with E-state index in [0.29, 0.717) is 23.8 Å². The normalized spacial score (nSPS) is 10.6. The van der Waals surface area contributed by atoms with E-state index in [9.17, 15) is 10.1 Å². The van der Waals surface area contributed by atoms with E-state index in [1.54, 1.807) is 25.5 Å². The van der Waals surface area contributed by atoms with Crippen LogP contribution in [0.5, 0.6) is 11.5 Å². The van der Waals surface area contributed by atoms with Crippen LogP contribution in [0.4, 0.5) is 11.4 Å². The van der Waals surface area contributed by atoms with Gasteiger partial charge in [-0.2, -0.15) is 5.10 Å². The van der Waals surface area contributed by atoms with Gasteiger partial charge in [-0.3, -0.25) is 15.5 Å². The van der Waals surface area contributed by atoms with Crippen LogP contribution in [0, 0.1) is 10.1 Å². The summed E-state index contributed by atoms with van der Waals surface area (Å²) >= 11 is 0. The lowest BCUT2D eigenvalue weighted by molar-refractivity contribution is -0.384. The Bertz CT molecular complexity index is 732. The zero-order valence-electron chi connectivity index (χ0n) is 13.6. The van der Waals surface area contributed by atoms with Crippen LogP contribution >= 0.6 is 0 Å². The lowest BCUT2D eigenvalue weighted by Gasteiger charge is -2.12. The van der Waals surface area contributed by atoms with Gasteiger partial charge in [-0.1, -0.05) is 19.1 Å². The van der Waals surface area contributed by atoms with Gasteiger partial charge in [0.1, 0.15) is 0 Å². The van der Waals surface area contributed by atoms with Crippen molar-refractivity contribution in [1.29, 1.82) is 0 Å². The van der Waals surface area contributed by atoms with E-state index in [0.717, 1.165) is 12.0 Å². The first-order valence-electron chi connectivity index (χ1n) is 7.49. The molecule has 0 bridgehead atoms. The summed E-state index contributed by atoms with van der Waals surface area (Å²) in [7, 11) is 1.58. The zero-order chi connectivity index (χ0) is 17.4. The maximum absolute atomic E-state index is 10.8. The number of nitrogens with zero attached hydrogens (tertiary/aromatic N) is 2. The molecule has 7 heteroatoms. The number of ether oxygens (including phenoxy) is 2. The van der Waals surface area contributed by atoms with Crippen LogP contribution in [0.15, 0.2) is 47.6 Å². The third-order valence-electron chi connectivity index (χ3n) is 3.13. The van der Waals surface area contributed by atoms with E-state index < -0.39 is 4.92 Å². The molecule has 0 saturated carbocycles. The first kappa shape index (κ1) is 17.3. The van der Waals surface area contributed by atoms with Gasteiger partial charge in [-0.05, 0) is 24.6 Å². The molecule has 0 saturated heterocycles. The van der Waals surface area contributed by atoms with Crippen molar-refractivity contribution < 1.29 is 14.4 Å². The molecule has 0 heterocycles. The van der Waals surface area contributed by atoms with E-state index >= 15 is 0 Å². The number of nitro benzene ring substituents is 1. The summed E-state index contributed by atoms with van der Waals surface area (Å²) in [5, 5.41) is 14.9. The van der Waals surface area contributed by atoms with Gasteiger partial charge < -0.3 is 9.47 Å². The predicted molar refractivity (Wildman–Crippen MR) is 93.1 cm³/mol. The molecule has 0 fully saturated rings. The number of hydrogen-bond donors (Lipinski definition) is 1. The highest BCUT2D eigenvalue weighted by molar-refractivity contribution is 5.85. The molecule has 0 atom stereocenters. The molecular formula is C17H19N3O4. The summed E-state index contributed by atoms with van der Waals surface area (Å²) in [6.45, 7) is 2.59. The van der Waals surface area contributed by atoms with Crippen LogP contribution in [0.3, 0.4) is 0 Å².